The summed E-state index contributed by atoms with van der Waals surface area (Å²) in [6.07, 6.45) is -2.80. The van der Waals surface area contributed by atoms with E-state index in [1.165, 1.54) is 31.9 Å². The van der Waals surface area contributed by atoms with Crippen molar-refractivity contribution < 1.29 is 39.5 Å². The fraction of sp³-hybridized carbons (Fsp3) is 1.00. The molecule has 0 saturated carbocycles. The molecule has 0 fully saturated rings. The van der Waals surface area contributed by atoms with Gasteiger partial charge in [-0.25, -0.2) is 22.0 Å². The van der Waals surface area contributed by atoms with E-state index in [2.05, 4.69) is 23.2 Å². The van der Waals surface area contributed by atoms with E-state index in [1.807, 2.05) is 0 Å². The monoisotopic (exact) mass is 564 g/mol. The van der Waals surface area contributed by atoms with Gasteiger partial charge in [0.05, 0.1) is 6.42 Å². The average Bonchev–Trinajstić information content (AvgIpc) is 2.11. The standard InChI is InChI=1S/C7H2Br3Cl2F9/c8-2(13,1-3(14,15)6(10,11)19)5(17,18)4(9,16)7(12,20)21/h1H2/t2-,4+,6-/m1/s1. The maximum absolute atomic E-state index is 13.7. The summed E-state index contributed by atoms with van der Waals surface area (Å²) in [4.78, 5) is 0. The molecule has 0 aromatic heterocycles. The Morgan fingerprint density at radius 1 is 0.714 bits per heavy atom. The van der Waals surface area contributed by atoms with Crippen LogP contribution in [0.5, 0.6) is 0 Å². The van der Waals surface area contributed by atoms with Crippen molar-refractivity contribution in [2.75, 3.05) is 0 Å². The van der Waals surface area contributed by atoms with Crippen molar-refractivity contribution in [3.05, 3.63) is 0 Å². The number of halogens is 14. The number of rotatable bonds is 6. The van der Waals surface area contributed by atoms with Gasteiger partial charge in [0.25, 0.3) is 0 Å². The van der Waals surface area contributed by atoms with Gasteiger partial charge in [-0.15, -0.1) is 0 Å². The van der Waals surface area contributed by atoms with Crippen molar-refractivity contribution in [2.24, 2.45) is 0 Å². The zero-order valence-electron chi connectivity index (χ0n) is 9.00. The molecule has 14 heteroatoms. The van der Waals surface area contributed by atoms with Crippen LogP contribution in [0.15, 0.2) is 0 Å². The zero-order chi connectivity index (χ0) is 17.7. The minimum Gasteiger partial charge on any atom is -0.224 e. The first-order chi connectivity index (χ1) is 8.71. The van der Waals surface area contributed by atoms with E-state index in [1.54, 1.807) is 15.9 Å². The molecule has 0 amide bonds. The largest absolute Gasteiger partial charge is 0.371 e. The molecule has 0 aliphatic carbocycles. The summed E-state index contributed by atoms with van der Waals surface area (Å²) in [6.45, 7) is 0. The van der Waals surface area contributed by atoms with Crippen LogP contribution >= 0.6 is 71.0 Å². The van der Waals surface area contributed by atoms with Crippen LogP contribution in [0.4, 0.5) is 39.5 Å². The van der Waals surface area contributed by atoms with Gasteiger partial charge >= 0.3 is 25.8 Å². The number of alkyl halides is 14. The Hall–Kier alpha value is 1.39. The highest BCUT2D eigenvalue weighted by molar-refractivity contribution is 9.10. The lowest BCUT2D eigenvalue weighted by Crippen LogP contribution is -2.60. The third-order valence-electron chi connectivity index (χ3n) is 2.07. The highest BCUT2D eigenvalue weighted by Gasteiger charge is 2.78. The van der Waals surface area contributed by atoms with Gasteiger partial charge in [0.1, 0.15) is 0 Å². The molecular formula is C7H2Br3Cl2F9. The molecule has 0 aliphatic heterocycles. The van der Waals surface area contributed by atoms with Gasteiger partial charge in [-0.1, -0.05) is 11.6 Å². The third kappa shape index (κ3) is 4.27. The van der Waals surface area contributed by atoms with Crippen molar-refractivity contribution in [3.63, 3.8) is 0 Å². The Morgan fingerprint density at radius 3 is 1.29 bits per heavy atom. The smallest absolute Gasteiger partial charge is 0.224 e. The van der Waals surface area contributed by atoms with Gasteiger partial charge in [0.15, 0.2) is 0 Å². The van der Waals surface area contributed by atoms with E-state index in [0.717, 1.165) is 0 Å². The molecular weight excluding hydrogens is 566 g/mol. The summed E-state index contributed by atoms with van der Waals surface area (Å²) < 4.78 is 104. The minimum atomic E-state index is -5.86. The Bertz CT molecular complexity index is 388. The van der Waals surface area contributed by atoms with Crippen LogP contribution in [0.3, 0.4) is 0 Å². The number of hydrogen-bond acceptors (Lipinski definition) is 0. The molecule has 0 N–H and O–H groups in total. The topological polar surface area (TPSA) is 0 Å². The van der Waals surface area contributed by atoms with E-state index >= 15 is 0 Å². The molecule has 0 nitrogen and oxygen atoms in total. The Morgan fingerprint density at radius 2 is 1.05 bits per heavy atom. The molecule has 0 unspecified atom stereocenters. The predicted octanol–water partition coefficient (Wildman–Crippen LogP) is 6.86. The first kappa shape index (κ1) is 22.4. The van der Waals surface area contributed by atoms with Gasteiger partial charge in [0.2, 0.25) is 4.58 Å². The Balaban J connectivity index is 5.71. The third-order valence-corrected chi connectivity index (χ3v) is 5.19. The molecule has 0 heterocycles. The van der Waals surface area contributed by atoms with Crippen molar-refractivity contribution in [2.45, 2.75) is 36.8 Å². The maximum Gasteiger partial charge on any atom is 0.371 e. The van der Waals surface area contributed by atoms with E-state index in [9.17, 15) is 39.5 Å². The predicted molar refractivity (Wildman–Crippen MR) is 69.5 cm³/mol. The minimum absolute atomic E-state index is 1.17. The van der Waals surface area contributed by atoms with Crippen LogP contribution in [0, 0.1) is 0 Å². The van der Waals surface area contributed by atoms with Crippen LogP contribution in [-0.2, 0) is 0 Å². The molecule has 3 atom stereocenters. The van der Waals surface area contributed by atoms with E-state index in [-0.39, 0.29) is 0 Å². The summed E-state index contributed by atoms with van der Waals surface area (Å²) in [5.41, 5.74) is 0. The summed E-state index contributed by atoms with van der Waals surface area (Å²) >= 11 is 12.6. The molecule has 0 radical (unpaired) electrons. The average molecular weight is 568 g/mol. The lowest BCUT2D eigenvalue weighted by molar-refractivity contribution is -0.218. The lowest BCUT2D eigenvalue weighted by atomic mass is 10.0. The first-order valence-corrected chi connectivity index (χ1v) is 7.49. The maximum atomic E-state index is 13.7. The Labute approximate surface area is 147 Å². The summed E-state index contributed by atoms with van der Waals surface area (Å²) in [6, 6.07) is 0. The molecule has 0 aromatic carbocycles. The van der Waals surface area contributed by atoms with E-state index < -0.39 is 36.8 Å². The second kappa shape index (κ2) is 6.03. The van der Waals surface area contributed by atoms with Gasteiger partial charge in [0, 0.05) is 0 Å². The fourth-order valence-corrected chi connectivity index (χ4v) is 2.43. The van der Waals surface area contributed by atoms with Gasteiger partial charge in [-0.2, -0.15) is 17.6 Å². The van der Waals surface area contributed by atoms with Crippen molar-refractivity contribution in [1.82, 2.24) is 0 Å². The first-order valence-electron chi connectivity index (χ1n) is 4.35. The SMILES string of the molecule is FC(F)(Cl)[C@](F)(Br)C(F)(F)[C@@](F)(Br)CC(F)(F)[C@](F)(Cl)Br. The molecule has 21 heavy (non-hydrogen) atoms. The lowest BCUT2D eigenvalue weighted by Gasteiger charge is -2.39. The normalized spacial score (nSPS) is 23.1. The fourth-order valence-electron chi connectivity index (χ4n) is 0.898. The van der Waals surface area contributed by atoms with Gasteiger partial charge in [-0.3, -0.25) is 0 Å². The molecule has 128 valence electrons. The molecule has 0 aliphatic rings. The highest BCUT2D eigenvalue weighted by atomic mass is 79.9. The number of hydrogen-bond donors (Lipinski definition) is 0. The van der Waals surface area contributed by atoms with Crippen LogP contribution < -0.4 is 0 Å². The van der Waals surface area contributed by atoms with Gasteiger partial charge < -0.3 is 0 Å². The van der Waals surface area contributed by atoms with Crippen LogP contribution in [0.25, 0.3) is 0 Å². The van der Waals surface area contributed by atoms with Crippen LogP contribution in [-0.4, -0.2) is 30.4 Å². The molecule has 0 spiro atoms. The second-order valence-corrected chi connectivity index (χ2v) is 8.62. The molecule has 0 rings (SSSR count). The van der Waals surface area contributed by atoms with Crippen LogP contribution in [0.1, 0.15) is 6.42 Å². The van der Waals surface area contributed by atoms with Gasteiger partial charge in [-0.05, 0) is 59.4 Å². The van der Waals surface area contributed by atoms with Crippen molar-refractivity contribution in [1.29, 1.82) is 0 Å². The Kier molecular flexibility index (Phi) is 6.43. The molecule has 0 bridgehead atoms. The summed E-state index contributed by atoms with van der Waals surface area (Å²) in [5.74, 6) is -10.9. The molecule has 0 saturated heterocycles. The zero-order valence-corrected chi connectivity index (χ0v) is 15.3. The van der Waals surface area contributed by atoms with Crippen molar-refractivity contribution in [3.8, 4) is 0 Å². The quantitative estimate of drug-likeness (QED) is 0.243. The summed E-state index contributed by atoms with van der Waals surface area (Å²) in [7, 11) is 0. The second-order valence-electron chi connectivity index (χ2n) is 3.73. The van der Waals surface area contributed by atoms with Crippen molar-refractivity contribution >= 4 is 71.0 Å². The van der Waals surface area contributed by atoms with E-state index in [0.29, 0.717) is 0 Å². The highest BCUT2D eigenvalue weighted by Crippen LogP contribution is 2.61. The van der Waals surface area contributed by atoms with E-state index in [4.69, 9.17) is 0 Å². The molecule has 0 aromatic rings. The van der Waals surface area contributed by atoms with Crippen LogP contribution in [0.2, 0.25) is 0 Å². The summed E-state index contributed by atoms with van der Waals surface area (Å²) in [5, 5.41) is -5.39.